The fourth-order valence-electron chi connectivity index (χ4n) is 1.62. The van der Waals surface area contributed by atoms with Gasteiger partial charge in [0.05, 0.1) is 15.1 Å². The zero-order valence-electron chi connectivity index (χ0n) is 9.22. The van der Waals surface area contributed by atoms with Crippen LogP contribution in [0.15, 0.2) is 22.9 Å². The molecule has 0 bridgehead atoms. The van der Waals surface area contributed by atoms with Crippen molar-refractivity contribution in [1.82, 2.24) is 14.8 Å². The summed E-state index contributed by atoms with van der Waals surface area (Å²) in [5.41, 5.74) is 1.96. The molecular weight excluding hydrogens is 288 g/mol. The molecule has 7 heteroatoms. The molecule has 0 saturated carbocycles. The summed E-state index contributed by atoms with van der Waals surface area (Å²) >= 11 is 3.27. The maximum absolute atomic E-state index is 11.0. The van der Waals surface area contributed by atoms with Crippen molar-refractivity contribution in [3.05, 3.63) is 44.4 Å². The van der Waals surface area contributed by atoms with E-state index in [4.69, 9.17) is 0 Å². The molecule has 0 saturated heterocycles. The predicted octanol–water partition coefficient (Wildman–Crippen LogP) is 2.55. The Hall–Kier alpha value is -1.76. The lowest BCUT2D eigenvalue weighted by atomic mass is 10.3. The first-order valence-electron chi connectivity index (χ1n) is 4.82. The number of aromatic nitrogens is 3. The van der Waals surface area contributed by atoms with Crippen LogP contribution in [0.2, 0.25) is 0 Å². The molecule has 0 amide bonds. The fraction of sp³-hybridized carbons (Fsp3) is 0.200. The van der Waals surface area contributed by atoms with Crippen LogP contribution in [0.4, 0.5) is 5.69 Å². The Morgan fingerprint density at radius 2 is 2.12 bits per heavy atom. The van der Waals surface area contributed by atoms with Crippen molar-refractivity contribution in [1.29, 1.82) is 0 Å². The number of nitrogens with zero attached hydrogens (tertiary/aromatic N) is 4. The molecule has 2 heterocycles. The maximum atomic E-state index is 11.0. The van der Waals surface area contributed by atoms with Crippen LogP contribution < -0.4 is 0 Å². The van der Waals surface area contributed by atoms with Gasteiger partial charge in [-0.1, -0.05) is 0 Å². The second-order valence-electron chi connectivity index (χ2n) is 3.59. The molecular formula is C10H9BrN4O2. The molecule has 88 valence electrons. The highest BCUT2D eigenvalue weighted by Crippen LogP contribution is 2.29. The molecule has 0 fully saturated rings. The van der Waals surface area contributed by atoms with Crippen LogP contribution >= 0.6 is 15.9 Å². The van der Waals surface area contributed by atoms with E-state index < -0.39 is 4.92 Å². The number of rotatable bonds is 2. The van der Waals surface area contributed by atoms with Crippen LogP contribution in [0.1, 0.15) is 11.4 Å². The summed E-state index contributed by atoms with van der Waals surface area (Å²) in [6, 6.07) is 1.86. The molecule has 0 aliphatic carbocycles. The molecule has 2 aromatic rings. The summed E-state index contributed by atoms with van der Waals surface area (Å²) in [7, 11) is 0. The van der Waals surface area contributed by atoms with Gasteiger partial charge in [-0.25, -0.2) is 4.68 Å². The van der Waals surface area contributed by atoms with Crippen LogP contribution in [0.3, 0.4) is 0 Å². The van der Waals surface area contributed by atoms with E-state index in [9.17, 15) is 10.1 Å². The van der Waals surface area contributed by atoms with Crippen molar-refractivity contribution in [2.75, 3.05) is 0 Å². The van der Waals surface area contributed by atoms with E-state index in [-0.39, 0.29) is 5.69 Å². The molecule has 2 rings (SSSR count). The number of aryl methyl sites for hydroxylation is 2. The van der Waals surface area contributed by atoms with Gasteiger partial charge < -0.3 is 0 Å². The van der Waals surface area contributed by atoms with Gasteiger partial charge >= 0.3 is 5.69 Å². The molecule has 0 unspecified atom stereocenters. The van der Waals surface area contributed by atoms with Crippen molar-refractivity contribution in [3.8, 4) is 5.69 Å². The van der Waals surface area contributed by atoms with Crippen LogP contribution in [0.25, 0.3) is 5.69 Å². The molecule has 0 aliphatic heterocycles. The number of pyridine rings is 1. The predicted molar refractivity (Wildman–Crippen MR) is 65.2 cm³/mol. The van der Waals surface area contributed by atoms with Crippen molar-refractivity contribution >= 4 is 21.6 Å². The normalized spacial score (nSPS) is 10.5. The number of nitro groups is 1. The second-order valence-corrected chi connectivity index (χ2v) is 4.44. The standard InChI is InChI=1S/C10H9BrN4O2/c1-6-3-7(2)14(13-6)10-8(11)4-12-5-9(10)15(16)17/h3-5H,1-2H3. The van der Waals surface area contributed by atoms with Crippen LogP contribution in [-0.2, 0) is 0 Å². The largest absolute Gasteiger partial charge is 0.314 e. The summed E-state index contributed by atoms with van der Waals surface area (Å²) in [4.78, 5) is 14.3. The molecule has 0 N–H and O–H groups in total. The zero-order chi connectivity index (χ0) is 12.6. The maximum Gasteiger partial charge on any atom is 0.314 e. The van der Waals surface area contributed by atoms with Gasteiger partial charge in [0.25, 0.3) is 0 Å². The number of halogens is 1. The summed E-state index contributed by atoms with van der Waals surface area (Å²) < 4.78 is 2.08. The fourth-order valence-corrected chi connectivity index (χ4v) is 2.11. The molecule has 0 spiro atoms. The lowest BCUT2D eigenvalue weighted by Gasteiger charge is -2.06. The molecule has 0 radical (unpaired) electrons. The molecule has 6 nitrogen and oxygen atoms in total. The van der Waals surface area contributed by atoms with Crippen molar-refractivity contribution in [2.45, 2.75) is 13.8 Å². The highest BCUT2D eigenvalue weighted by molar-refractivity contribution is 9.10. The van der Waals surface area contributed by atoms with E-state index in [1.54, 1.807) is 4.68 Å². The summed E-state index contributed by atoms with van der Waals surface area (Å²) in [6.07, 6.45) is 2.73. The van der Waals surface area contributed by atoms with E-state index in [0.29, 0.717) is 10.2 Å². The Morgan fingerprint density at radius 1 is 1.41 bits per heavy atom. The quantitative estimate of drug-likeness (QED) is 0.630. The van der Waals surface area contributed by atoms with E-state index in [1.165, 1.54) is 12.4 Å². The highest BCUT2D eigenvalue weighted by Gasteiger charge is 2.21. The van der Waals surface area contributed by atoms with Gasteiger partial charge in [-0.15, -0.1) is 0 Å². The van der Waals surface area contributed by atoms with Gasteiger partial charge in [-0.3, -0.25) is 15.1 Å². The molecule has 0 aromatic carbocycles. The minimum atomic E-state index is -0.469. The number of hydrogen-bond donors (Lipinski definition) is 0. The van der Waals surface area contributed by atoms with E-state index >= 15 is 0 Å². The Labute approximate surface area is 106 Å². The van der Waals surface area contributed by atoms with Gasteiger partial charge in [0.15, 0.2) is 5.69 Å². The molecule has 2 aromatic heterocycles. The minimum Gasteiger partial charge on any atom is -0.258 e. The first-order valence-corrected chi connectivity index (χ1v) is 5.61. The smallest absolute Gasteiger partial charge is 0.258 e. The van der Waals surface area contributed by atoms with Crippen molar-refractivity contribution in [2.24, 2.45) is 0 Å². The lowest BCUT2D eigenvalue weighted by molar-refractivity contribution is -0.385. The minimum absolute atomic E-state index is 0.0782. The van der Waals surface area contributed by atoms with E-state index in [2.05, 4.69) is 26.0 Å². The second kappa shape index (κ2) is 4.25. The summed E-state index contributed by atoms with van der Waals surface area (Å²) in [6.45, 7) is 3.68. The van der Waals surface area contributed by atoms with Crippen molar-refractivity contribution in [3.63, 3.8) is 0 Å². The van der Waals surface area contributed by atoms with Gasteiger partial charge in [-0.05, 0) is 35.8 Å². The van der Waals surface area contributed by atoms with Crippen molar-refractivity contribution < 1.29 is 4.92 Å². The van der Waals surface area contributed by atoms with E-state index in [1.807, 2.05) is 19.9 Å². The van der Waals surface area contributed by atoms with Crippen LogP contribution in [0, 0.1) is 24.0 Å². The highest BCUT2D eigenvalue weighted by atomic mass is 79.9. The SMILES string of the molecule is Cc1cc(C)n(-c2c(Br)cncc2[N+](=O)[O-])n1. The first-order chi connectivity index (χ1) is 8.00. The average Bonchev–Trinajstić information content (AvgIpc) is 2.57. The lowest BCUT2D eigenvalue weighted by Crippen LogP contribution is -2.05. The molecule has 0 atom stereocenters. The average molecular weight is 297 g/mol. The third-order valence-electron chi connectivity index (χ3n) is 2.27. The molecule has 17 heavy (non-hydrogen) atoms. The third kappa shape index (κ3) is 2.05. The summed E-state index contributed by atoms with van der Waals surface area (Å²) in [5, 5.41) is 15.2. The van der Waals surface area contributed by atoms with Gasteiger partial charge in [0.1, 0.15) is 6.20 Å². The van der Waals surface area contributed by atoms with Gasteiger partial charge in [-0.2, -0.15) is 5.10 Å². The van der Waals surface area contributed by atoms with E-state index in [0.717, 1.165) is 11.4 Å². The topological polar surface area (TPSA) is 73.8 Å². The first kappa shape index (κ1) is 11.7. The van der Waals surface area contributed by atoms with Gasteiger partial charge in [0.2, 0.25) is 0 Å². The zero-order valence-corrected chi connectivity index (χ0v) is 10.8. The Kier molecular flexibility index (Phi) is 2.93. The Morgan fingerprint density at radius 3 is 2.65 bits per heavy atom. The van der Waals surface area contributed by atoms with Crippen LogP contribution in [-0.4, -0.2) is 19.7 Å². The summed E-state index contributed by atoms with van der Waals surface area (Å²) in [5.74, 6) is 0. The Bertz CT molecular complexity index is 594. The van der Waals surface area contributed by atoms with Crippen LogP contribution in [0.5, 0.6) is 0 Å². The number of hydrogen-bond acceptors (Lipinski definition) is 4. The van der Waals surface area contributed by atoms with Gasteiger partial charge in [0, 0.05) is 11.9 Å². The third-order valence-corrected chi connectivity index (χ3v) is 2.85. The molecule has 0 aliphatic rings. The Balaban J connectivity index is 2.74. The monoisotopic (exact) mass is 296 g/mol.